The first-order valence-corrected chi connectivity index (χ1v) is 11.4. The average Bonchev–Trinajstić information content (AvgIpc) is 2.79. The van der Waals surface area contributed by atoms with E-state index < -0.39 is 47.9 Å². The lowest BCUT2D eigenvalue weighted by Crippen LogP contribution is -2.56. The molecule has 0 aliphatic rings. The maximum atomic E-state index is 12.7. The lowest BCUT2D eigenvalue weighted by Gasteiger charge is -2.23. The summed E-state index contributed by atoms with van der Waals surface area (Å²) < 4.78 is 0. The Labute approximate surface area is 208 Å². The number of hydrogen-bond donors (Lipinski definition) is 9. The molecule has 0 aromatic heterocycles. The number of aliphatic carboxylic acids is 1. The molecule has 0 heterocycles. The Morgan fingerprint density at radius 2 is 1.60 bits per heavy atom. The van der Waals surface area contributed by atoms with Gasteiger partial charge in [-0.25, -0.2) is 4.79 Å². The highest BCUT2D eigenvalue weighted by Crippen LogP contribution is 2.11. The average molecular weight is 512 g/mol. The SMILES string of the molecule is CC(NC(=O)C(N)Cc1ccc(O)cc1)C(=O)NC(CCCN=C(N)N)C(=O)NC(CS)C(=O)O. The fourth-order valence-electron chi connectivity index (χ4n) is 2.89. The highest BCUT2D eigenvalue weighted by atomic mass is 32.1. The number of hydrogen-bond acceptors (Lipinski definition) is 8. The van der Waals surface area contributed by atoms with E-state index in [1.165, 1.54) is 19.1 Å². The Bertz CT molecular complexity index is 908. The predicted octanol–water partition coefficient (Wildman–Crippen LogP) is -2.20. The molecule has 0 aliphatic heterocycles. The number of aromatic hydroxyl groups is 1. The van der Waals surface area contributed by atoms with Crippen molar-refractivity contribution in [3.63, 3.8) is 0 Å². The van der Waals surface area contributed by atoms with Crippen molar-refractivity contribution in [2.45, 2.75) is 50.4 Å². The Hall–Kier alpha value is -3.52. The van der Waals surface area contributed by atoms with E-state index in [0.717, 1.165) is 5.56 Å². The van der Waals surface area contributed by atoms with Crippen LogP contribution < -0.4 is 33.2 Å². The number of nitrogens with zero attached hydrogens (tertiary/aromatic N) is 1. The quantitative estimate of drug-likeness (QED) is 0.0569. The number of carbonyl (C=O) groups is 4. The summed E-state index contributed by atoms with van der Waals surface area (Å²) in [5, 5.41) is 25.8. The van der Waals surface area contributed by atoms with Gasteiger partial charge in [-0.2, -0.15) is 12.6 Å². The molecule has 194 valence electrons. The van der Waals surface area contributed by atoms with Gasteiger partial charge in [0.1, 0.15) is 23.9 Å². The number of aliphatic imine (C=N–C) groups is 1. The molecular formula is C21H33N7O6S. The van der Waals surface area contributed by atoms with E-state index in [1.807, 2.05) is 0 Å². The molecule has 11 N–H and O–H groups in total. The first-order chi connectivity index (χ1) is 16.4. The number of nitrogens with one attached hydrogen (secondary N) is 3. The van der Waals surface area contributed by atoms with E-state index in [1.54, 1.807) is 12.1 Å². The minimum atomic E-state index is -1.28. The van der Waals surface area contributed by atoms with E-state index in [9.17, 15) is 24.3 Å². The highest BCUT2D eigenvalue weighted by Gasteiger charge is 2.28. The van der Waals surface area contributed by atoms with Gasteiger partial charge in [0.15, 0.2) is 5.96 Å². The zero-order valence-corrected chi connectivity index (χ0v) is 20.2. The molecule has 4 atom stereocenters. The summed E-state index contributed by atoms with van der Waals surface area (Å²) in [6.07, 6.45) is 0.595. The molecule has 1 aromatic rings. The molecule has 14 heteroatoms. The summed E-state index contributed by atoms with van der Waals surface area (Å²) in [4.78, 5) is 52.8. The molecule has 0 bridgehead atoms. The van der Waals surface area contributed by atoms with Crippen LogP contribution in [0.5, 0.6) is 5.75 Å². The van der Waals surface area contributed by atoms with Crippen molar-refractivity contribution in [1.82, 2.24) is 16.0 Å². The van der Waals surface area contributed by atoms with Gasteiger partial charge in [0.2, 0.25) is 17.7 Å². The molecule has 4 unspecified atom stereocenters. The normalized spacial score (nSPS) is 14.0. The fourth-order valence-corrected chi connectivity index (χ4v) is 3.14. The standard InChI is InChI=1S/C21H33N7O6S/c1-11(26-18(31)14(22)9-12-4-6-13(29)7-5-12)17(30)27-15(3-2-8-25-21(23)24)19(32)28-16(10-35)20(33)34/h4-7,11,14-16,29,35H,2-3,8-10,22H2,1H3,(H,26,31)(H,27,30)(H,28,32)(H,33,34)(H4,23,24,25). The molecule has 13 nitrogen and oxygen atoms in total. The number of phenols is 1. The van der Waals surface area contributed by atoms with Crippen LogP contribution in [0.4, 0.5) is 0 Å². The Morgan fingerprint density at radius 3 is 2.14 bits per heavy atom. The zero-order chi connectivity index (χ0) is 26.5. The Balaban J connectivity index is 2.76. The van der Waals surface area contributed by atoms with E-state index >= 15 is 0 Å². The lowest BCUT2D eigenvalue weighted by molar-refractivity contribution is -0.141. The third kappa shape index (κ3) is 11.0. The minimum Gasteiger partial charge on any atom is -0.508 e. The fraction of sp³-hybridized carbons (Fsp3) is 0.476. The number of amides is 3. The molecule has 0 saturated heterocycles. The summed E-state index contributed by atoms with van der Waals surface area (Å²) >= 11 is 3.91. The second-order valence-electron chi connectivity index (χ2n) is 7.80. The van der Waals surface area contributed by atoms with Crippen molar-refractivity contribution < 1.29 is 29.4 Å². The first kappa shape index (κ1) is 29.5. The number of rotatable bonds is 14. The zero-order valence-electron chi connectivity index (χ0n) is 19.3. The number of guanidine groups is 1. The summed E-state index contributed by atoms with van der Waals surface area (Å²) in [6.45, 7) is 1.61. The Morgan fingerprint density at radius 1 is 1.00 bits per heavy atom. The number of benzene rings is 1. The van der Waals surface area contributed by atoms with Gasteiger partial charge in [-0.1, -0.05) is 12.1 Å². The smallest absolute Gasteiger partial charge is 0.327 e. The van der Waals surface area contributed by atoms with E-state index in [2.05, 4.69) is 33.6 Å². The van der Waals surface area contributed by atoms with Gasteiger partial charge in [-0.15, -0.1) is 0 Å². The molecule has 35 heavy (non-hydrogen) atoms. The van der Waals surface area contributed by atoms with Gasteiger partial charge in [0, 0.05) is 12.3 Å². The van der Waals surface area contributed by atoms with Crippen LogP contribution in [-0.2, 0) is 25.6 Å². The summed E-state index contributed by atoms with van der Waals surface area (Å²) in [6, 6.07) is 1.83. The van der Waals surface area contributed by atoms with Gasteiger partial charge in [-0.05, 0) is 43.9 Å². The second-order valence-corrected chi connectivity index (χ2v) is 8.16. The maximum Gasteiger partial charge on any atom is 0.327 e. The third-order valence-electron chi connectivity index (χ3n) is 4.86. The summed E-state index contributed by atoms with van der Waals surface area (Å²) in [5.74, 6) is -3.46. The Kier molecular flexibility index (Phi) is 12.4. The number of thiol groups is 1. The van der Waals surface area contributed by atoms with Crippen molar-refractivity contribution in [3.8, 4) is 5.75 Å². The lowest BCUT2D eigenvalue weighted by atomic mass is 10.1. The van der Waals surface area contributed by atoms with Gasteiger partial charge in [0.05, 0.1) is 6.04 Å². The molecule has 0 saturated carbocycles. The van der Waals surface area contributed by atoms with Crippen molar-refractivity contribution in [1.29, 1.82) is 0 Å². The predicted molar refractivity (Wildman–Crippen MR) is 133 cm³/mol. The molecule has 0 aliphatic carbocycles. The number of phenolic OH excluding ortho intramolecular Hbond substituents is 1. The number of carboxylic acid groups (broad SMARTS) is 1. The molecule has 1 aromatic carbocycles. The van der Waals surface area contributed by atoms with E-state index in [-0.39, 0.29) is 36.8 Å². The van der Waals surface area contributed by atoms with E-state index in [4.69, 9.17) is 22.3 Å². The van der Waals surface area contributed by atoms with Crippen molar-refractivity contribution >= 4 is 42.3 Å². The largest absolute Gasteiger partial charge is 0.508 e. The molecule has 0 radical (unpaired) electrons. The maximum absolute atomic E-state index is 12.7. The van der Waals surface area contributed by atoms with Crippen LogP contribution in [0.3, 0.4) is 0 Å². The van der Waals surface area contributed by atoms with Gasteiger partial charge >= 0.3 is 5.97 Å². The van der Waals surface area contributed by atoms with Crippen LogP contribution in [0.2, 0.25) is 0 Å². The van der Waals surface area contributed by atoms with Crippen molar-refractivity contribution in [2.75, 3.05) is 12.3 Å². The summed E-state index contributed by atoms with van der Waals surface area (Å²) in [5.41, 5.74) is 17.2. The molecule has 0 spiro atoms. The number of carboxylic acids is 1. The van der Waals surface area contributed by atoms with Crippen LogP contribution in [-0.4, -0.2) is 76.3 Å². The van der Waals surface area contributed by atoms with Gasteiger partial charge in [-0.3, -0.25) is 19.4 Å². The topological polar surface area (TPSA) is 235 Å². The van der Waals surface area contributed by atoms with Crippen LogP contribution in [0.1, 0.15) is 25.3 Å². The molecule has 1 rings (SSSR count). The van der Waals surface area contributed by atoms with Gasteiger partial charge < -0.3 is 43.4 Å². The minimum absolute atomic E-state index is 0.0815. The third-order valence-corrected chi connectivity index (χ3v) is 5.22. The summed E-state index contributed by atoms with van der Waals surface area (Å²) in [7, 11) is 0. The van der Waals surface area contributed by atoms with Crippen molar-refractivity contribution in [2.24, 2.45) is 22.2 Å². The van der Waals surface area contributed by atoms with Crippen molar-refractivity contribution in [3.05, 3.63) is 29.8 Å². The van der Waals surface area contributed by atoms with Gasteiger partial charge in [0.25, 0.3) is 0 Å². The molecular weight excluding hydrogens is 478 g/mol. The van der Waals surface area contributed by atoms with Crippen LogP contribution >= 0.6 is 12.6 Å². The number of nitrogens with two attached hydrogens (primary N) is 3. The first-order valence-electron chi connectivity index (χ1n) is 10.8. The molecule has 0 fully saturated rings. The van der Waals surface area contributed by atoms with Crippen LogP contribution in [0, 0.1) is 0 Å². The number of carbonyl (C=O) groups excluding carboxylic acids is 3. The van der Waals surface area contributed by atoms with Crippen LogP contribution in [0.25, 0.3) is 0 Å². The highest BCUT2D eigenvalue weighted by molar-refractivity contribution is 7.80. The molecule has 3 amide bonds. The second kappa shape index (κ2) is 14.7. The van der Waals surface area contributed by atoms with E-state index in [0.29, 0.717) is 6.42 Å². The van der Waals surface area contributed by atoms with Crippen LogP contribution in [0.15, 0.2) is 29.3 Å². The monoisotopic (exact) mass is 511 g/mol.